The van der Waals surface area contributed by atoms with Crippen molar-refractivity contribution < 1.29 is 9.53 Å². The van der Waals surface area contributed by atoms with Gasteiger partial charge in [-0.2, -0.15) is 0 Å². The van der Waals surface area contributed by atoms with E-state index in [2.05, 4.69) is 10.1 Å². The second-order valence-electron chi connectivity index (χ2n) is 3.01. The SMILES string of the molecule is COC(=O)[C@H]1CCCN[C@H]1C. The quantitative estimate of drug-likeness (QED) is 0.565. The molecule has 1 N–H and O–H groups in total. The van der Waals surface area contributed by atoms with Gasteiger partial charge in [-0.3, -0.25) is 4.79 Å². The van der Waals surface area contributed by atoms with Gasteiger partial charge in [0.2, 0.25) is 0 Å². The van der Waals surface area contributed by atoms with Crippen LogP contribution in [0.15, 0.2) is 0 Å². The van der Waals surface area contributed by atoms with Crippen LogP contribution in [0, 0.1) is 5.92 Å². The first kappa shape index (κ1) is 8.53. The van der Waals surface area contributed by atoms with Crippen molar-refractivity contribution in [1.82, 2.24) is 5.32 Å². The van der Waals surface area contributed by atoms with Crippen molar-refractivity contribution >= 4 is 5.97 Å². The number of nitrogens with one attached hydrogen (secondary N) is 1. The molecule has 0 aromatic rings. The highest BCUT2D eigenvalue weighted by atomic mass is 16.5. The van der Waals surface area contributed by atoms with Crippen LogP contribution in [0.25, 0.3) is 0 Å². The van der Waals surface area contributed by atoms with Gasteiger partial charge in [0.15, 0.2) is 0 Å². The van der Waals surface area contributed by atoms with Gasteiger partial charge in [-0.15, -0.1) is 0 Å². The van der Waals surface area contributed by atoms with E-state index in [-0.39, 0.29) is 17.9 Å². The molecule has 0 amide bonds. The average Bonchev–Trinajstić information content (AvgIpc) is 2.04. The van der Waals surface area contributed by atoms with Crippen LogP contribution in [-0.2, 0) is 9.53 Å². The van der Waals surface area contributed by atoms with Crippen LogP contribution in [0.4, 0.5) is 0 Å². The number of piperidine rings is 1. The van der Waals surface area contributed by atoms with Crippen LogP contribution in [0.3, 0.4) is 0 Å². The van der Waals surface area contributed by atoms with Gasteiger partial charge < -0.3 is 10.1 Å². The standard InChI is InChI=1S/C8H15NO2/c1-6-7(8(10)11-2)4-3-5-9-6/h6-7,9H,3-5H2,1-2H3/t6-,7-/m0/s1. The van der Waals surface area contributed by atoms with Gasteiger partial charge in [-0.1, -0.05) is 0 Å². The minimum Gasteiger partial charge on any atom is -0.469 e. The molecule has 1 saturated heterocycles. The Hall–Kier alpha value is -0.570. The molecule has 0 aromatic carbocycles. The predicted octanol–water partition coefficient (Wildman–Crippen LogP) is 0.547. The minimum absolute atomic E-state index is 0.0637. The van der Waals surface area contributed by atoms with Gasteiger partial charge in [0.05, 0.1) is 13.0 Å². The van der Waals surface area contributed by atoms with E-state index in [4.69, 9.17) is 0 Å². The molecule has 3 heteroatoms. The summed E-state index contributed by atoms with van der Waals surface area (Å²) in [6.07, 6.45) is 2.03. The summed E-state index contributed by atoms with van der Waals surface area (Å²) in [6, 6.07) is 0.274. The Bertz CT molecular complexity index is 147. The number of hydrogen-bond donors (Lipinski definition) is 1. The van der Waals surface area contributed by atoms with E-state index in [1.54, 1.807) is 0 Å². The predicted molar refractivity (Wildman–Crippen MR) is 42.2 cm³/mol. The van der Waals surface area contributed by atoms with Crippen molar-refractivity contribution in [1.29, 1.82) is 0 Å². The normalized spacial score (nSPS) is 31.5. The van der Waals surface area contributed by atoms with Crippen LogP contribution in [-0.4, -0.2) is 25.7 Å². The fourth-order valence-corrected chi connectivity index (χ4v) is 1.52. The molecule has 0 bridgehead atoms. The molecule has 11 heavy (non-hydrogen) atoms. The van der Waals surface area contributed by atoms with Gasteiger partial charge in [-0.25, -0.2) is 0 Å². The van der Waals surface area contributed by atoms with Crippen molar-refractivity contribution in [3.05, 3.63) is 0 Å². The molecule has 0 radical (unpaired) electrons. The van der Waals surface area contributed by atoms with E-state index in [1.165, 1.54) is 7.11 Å². The Balaban J connectivity index is 2.47. The van der Waals surface area contributed by atoms with Crippen molar-refractivity contribution in [2.75, 3.05) is 13.7 Å². The first-order chi connectivity index (χ1) is 5.25. The first-order valence-corrected chi connectivity index (χ1v) is 4.07. The fraction of sp³-hybridized carbons (Fsp3) is 0.875. The topological polar surface area (TPSA) is 38.3 Å². The maximum absolute atomic E-state index is 11.1. The van der Waals surface area contributed by atoms with Crippen molar-refractivity contribution in [2.24, 2.45) is 5.92 Å². The van der Waals surface area contributed by atoms with E-state index >= 15 is 0 Å². The number of esters is 1. The summed E-state index contributed by atoms with van der Waals surface area (Å²) >= 11 is 0. The van der Waals surface area contributed by atoms with Gasteiger partial charge in [0.25, 0.3) is 0 Å². The summed E-state index contributed by atoms with van der Waals surface area (Å²) in [5.74, 6) is -0.0153. The number of hydrogen-bond acceptors (Lipinski definition) is 3. The Kier molecular flexibility index (Phi) is 2.88. The molecule has 1 heterocycles. The van der Waals surface area contributed by atoms with E-state index in [0.717, 1.165) is 19.4 Å². The molecule has 64 valence electrons. The molecule has 1 fully saturated rings. The van der Waals surface area contributed by atoms with E-state index in [9.17, 15) is 4.79 Å². The summed E-state index contributed by atoms with van der Waals surface area (Å²) < 4.78 is 4.68. The van der Waals surface area contributed by atoms with Gasteiger partial charge >= 0.3 is 5.97 Å². The van der Waals surface area contributed by atoms with Crippen molar-refractivity contribution in [3.63, 3.8) is 0 Å². The summed E-state index contributed by atoms with van der Waals surface area (Å²) in [5.41, 5.74) is 0. The van der Waals surface area contributed by atoms with Crippen molar-refractivity contribution in [3.8, 4) is 0 Å². The largest absolute Gasteiger partial charge is 0.469 e. The lowest BCUT2D eigenvalue weighted by atomic mass is 9.92. The van der Waals surface area contributed by atoms with Gasteiger partial charge in [-0.05, 0) is 26.3 Å². The van der Waals surface area contributed by atoms with Crippen LogP contribution in [0.5, 0.6) is 0 Å². The highest BCUT2D eigenvalue weighted by Gasteiger charge is 2.27. The number of rotatable bonds is 1. The zero-order valence-corrected chi connectivity index (χ0v) is 7.09. The first-order valence-electron chi connectivity index (χ1n) is 4.07. The highest BCUT2D eigenvalue weighted by Crippen LogP contribution is 2.16. The lowest BCUT2D eigenvalue weighted by molar-refractivity contribution is -0.147. The smallest absolute Gasteiger partial charge is 0.310 e. The molecule has 3 nitrogen and oxygen atoms in total. The van der Waals surface area contributed by atoms with Crippen LogP contribution < -0.4 is 5.32 Å². The molecule has 0 spiro atoms. The molecule has 1 aliphatic rings. The lowest BCUT2D eigenvalue weighted by Crippen LogP contribution is -2.43. The van der Waals surface area contributed by atoms with Crippen LogP contribution >= 0.6 is 0 Å². The molecule has 0 aromatic heterocycles. The third kappa shape index (κ3) is 1.93. The third-order valence-electron chi connectivity index (χ3n) is 2.27. The molecule has 2 atom stereocenters. The van der Waals surface area contributed by atoms with E-state index in [0.29, 0.717) is 0 Å². The second-order valence-corrected chi connectivity index (χ2v) is 3.01. The Morgan fingerprint density at radius 2 is 2.36 bits per heavy atom. The maximum Gasteiger partial charge on any atom is 0.310 e. The molecule has 1 aliphatic heterocycles. The molecular formula is C8H15NO2. The molecule has 0 aliphatic carbocycles. The summed E-state index contributed by atoms with van der Waals surface area (Å²) in [7, 11) is 1.45. The second kappa shape index (κ2) is 3.72. The third-order valence-corrected chi connectivity index (χ3v) is 2.27. The summed E-state index contributed by atoms with van der Waals surface area (Å²) in [4.78, 5) is 11.1. The Morgan fingerprint density at radius 3 is 2.91 bits per heavy atom. The number of carbonyl (C=O) groups is 1. The zero-order valence-electron chi connectivity index (χ0n) is 7.09. The highest BCUT2D eigenvalue weighted by molar-refractivity contribution is 5.73. The number of methoxy groups -OCH3 is 1. The van der Waals surface area contributed by atoms with Crippen LogP contribution in [0.2, 0.25) is 0 Å². The zero-order chi connectivity index (χ0) is 8.27. The molecule has 1 rings (SSSR count). The lowest BCUT2D eigenvalue weighted by Gasteiger charge is -2.27. The molecular weight excluding hydrogens is 142 g/mol. The maximum atomic E-state index is 11.1. The Labute approximate surface area is 67.1 Å². The number of carbonyl (C=O) groups excluding carboxylic acids is 1. The summed E-state index contributed by atoms with van der Waals surface area (Å²) in [6.45, 7) is 3.05. The van der Waals surface area contributed by atoms with Gasteiger partial charge in [0, 0.05) is 6.04 Å². The molecule has 0 saturated carbocycles. The van der Waals surface area contributed by atoms with Gasteiger partial charge in [0.1, 0.15) is 0 Å². The Morgan fingerprint density at radius 1 is 1.64 bits per heavy atom. The van der Waals surface area contributed by atoms with E-state index < -0.39 is 0 Å². The average molecular weight is 157 g/mol. The molecule has 0 unspecified atom stereocenters. The summed E-state index contributed by atoms with van der Waals surface area (Å²) in [5, 5.41) is 3.25. The fourth-order valence-electron chi connectivity index (χ4n) is 1.52. The van der Waals surface area contributed by atoms with Crippen molar-refractivity contribution in [2.45, 2.75) is 25.8 Å². The monoisotopic (exact) mass is 157 g/mol. The minimum atomic E-state index is -0.0790. The van der Waals surface area contributed by atoms with Crippen LogP contribution in [0.1, 0.15) is 19.8 Å². The number of ether oxygens (including phenoxy) is 1. The van der Waals surface area contributed by atoms with E-state index in [1.807, 2.05) is 6.92 Å².